The Morgan fingerprint density at radius 3 is 2.54 bits per heavy atom. The van der Waals surface area contributed by atoms with Crippen LogP contribution in [0.25, 0.3) is 11.1 Å². The van der Waals surface area contributed by atoms with Gasteiger partial charge in [-0.05, 0) is 31.8 Å². The molecule has 2 rings (SSSR count). The number of amides is 1. The lowest BCUT2D eigenvalue weighted by Crippen LogP contribution is -2.32. The van der Waals surface area contributed by atoms with Crippen molar-refractivity contribution in [2.45, 2.75) is 32.5 Å². The molecule has 1 heterocycles. The second-order valence-electron chi connectivity index (χ2n) is 6.21. The molecule has 0 aliphatic rings. The lowest BCUT2D eigenvalue weighted by molar-refractivity contribution is -0.136. The van der Waals surface area contributed by atoms with E-state index in [0.29, 0.717) is 5.56 Å². The highest BCUT2D eigenvalue weighted by Gasteiger charge is 2.35. The van der Waals surface area contributed by atoms with Gasteiger partial charge in [-0.15, -0.1) is 0 Å². The number of hydrogen-bond donors (Lipinski definition) is 1. The number of nitrogens with one attached hydrogen (secondary N) is 1. The first-order chi connectivity index (χ1) is 11.1. The third kappa shape index (κ3) is 4.25. The molecular weight excluding hydrogens is 323 g/mol. The first kappa shape index (κ1) is 18.3. The standard InChI is InChI=1S/C16H20F3N3O2/c1-9(2)15-21-12-6-10(7-20-13(23)8-22(3)4)5-11(14(12)24-15)16(17,18)19/h5-6,9H,7-8H2,1-4H3,(H,20,23). The van der Waals surface area contributed by atoms with Crippen molar-refractivity contribution < 1.29 is 22.4 Å². The Kier molecular flexibility index (Phi) is 5.17. The van der Waals surface area contributed by atoms with E-state index in [9.17, 15) is 18.0 Å². The summed E-state index contributed by atoms with van der Waals surface area (Å²) in [4.78, 5) is 17.5. The second-order valence-corrected chi connectivity index (χ2v) is 6.21. The molecule has 24 heavy (non-hydrogen) atoms. The van der Waals surface area contributed by atoms with Crippen LogP contribution in [0.5, 0.6) is 0 Å². The molecule has 132 valence electrons. The predicted molar refractivity (Wildman–Crippen MR) is 83.5 cm³/mol. The minimum absolute atomic E-state index is 0.00440. The summed E-state index contributed by atoms with van der Waals surface area (Å²) in [6.45, 7) is 3.74. The molecule has 1 N–H and O–H groups in total. The zero-order valence-electron chi connectivity index (χ0n) is 14.0. The van der Waals surface area contributed by atoms with Crippen LogP contribution < -0.4 is 5.32 Å². The number of fused-ring (bicyclic) bond motifs is 1. The fourth-order valence-corrected chi connectivity index (χ4v) is 2.21. The number of oxazole rings is 1. The average molecular weight is 343 g/mol. The lowest BCUT2D eigenvalue weighted by Gasteiger charge is -2.12. The van der Waals surface area contributed by atoms with E-state index in [4.69, 9.17) is 4.42 Å². The van der Waals surface area contributed by atoms with Gasteiger partial charge in [0.1, 0.15) is 11.1 Å². The van der Waals surface area contributed by atoms with Gasteiger partial charge in [0, 0.05) is 12.5 Å². The SMILES string of the molecule is CC(C)c1nc2cc(CNC(=O)CN(C)C)cc(C(F)(F)F)c2o1. The van der Waals surface area contributed by atoms with Crippen LogP contribution in [0, 0.1) is 0 Å². The zero-order chi connectivity index (χ0) is 18.1. The molecule has 1 aromatic heterocycles. The number of alkyl halides is 3. The molecule has 1 amide bonds. The molecule has 0 aliphatic carbocycles. The Morgan fingerprint density at radius 1 is 1.33 bits per heavy atom. The molecule has 0 spiro atoms. The maximum Gasteiger partial charge on any atom is 0.420 e. The van der Waals surface area contributed by atoms with Crippen LogP contribution in [0.15, 0.2) is 16.5 Å². The van der Waals surface area contributed by atoms with Crippen molar-refractivity contribution in [2.75, 3.05) is 20.6 Å². The number of halogens is 3. The third-order valence-electron chi connectivity index (χ3n) is 3.32. The number of nitrogens with zero attached hydrogens (tertiary/aromatic N) is 2. The molecule has 0 saturated carbocycles. The molecular formula is C16H20F3N3O2. The first-order valence-electron chi connectivity index (χ1n) is 7.50. The highest BCUT2D eigenvalue weighted by atomic mass is 19.4. The summed E-state index contributed by atoms with van der Waals surface area (Å²) >= 11 is 0. The van der Waals surface area contributed by atoms with Crippen LogP contribution in [-0.4, -0.2) is 36.4 Å². The van der Waals surface area contributed by atoms with Gasteiger partial charge < -0.3 is 14.6 Å². The monoisotopic (exact) mass is 343 g/mol. The Bertz CT molecular complexity index is 736. The molecule has 0 unspecified atom stereocenters. The molecule has 0 saturated heterocycles. The van der Waals surface area contributed by atoms with E-state index in [-0.39, 0.29) is 41.9 Å². The smallest absolute Gasteiger partial charge is 0.420 e. The highest BCUT2D eigenvalue weighted by Crippen LogP contribution is 2.37. The normalized spacial score (nSPS) is 12.4. The van der Waals surface area contributed by atoms with E-state index in [1.807, 2.05) is 0 Å². The second kappa shape index (κ2) is 6.80. The Hall–Kier alpha value is -2.09. The van der Waals surface area contributed by atoms with Gasteiger partial charge in [0.2, 0.25) is 5.91 Å². The Balaban J connectivity index is 2.36. The zero-order valence-corrected chi connectivity index (χ0v) is 14.0. The summed E-state index contributed by atoms with van der Waals surface area (Å²) in [5, 5.41) is 2.60. The number of carbonyl (C=O) groups is 1. The lowest BCUT2D eigenvalue weighted by atomic mass is 10.1. The molecule has 8 heteroatoms. The predicted octanol–water partition coefficient (Wildman–Crippen LogP) is 3.15. The number of aromatic nitrogens is 1. The molecule has 0 aliphatic heterocycles. The van der Waals surface area contributed by atoms with Gasteiger partial charge >= 0.3 is 6.18 Å². The maximum absolute atomic E-state index is 13.3. The van der Waals surface area contributed by atoms with Crippen molar-refractivity contribution in [1.29, 1.82) is 0 Å². The van der Waals surface area contributed by atoms with E-state index < -0.39 is 11.7 Å². The van der Waals surface area contributed by atoms with Crippen molar-refractivity contribution in [3.8, 4) is 0 Å². The van der Waals surface area contributed by atoms with Crippen LogP contribution in [0.1, 0.15) is 36.8 Å². The molecule has 2 aromatic rings. The van der Waals surface area contributed by atoms with Crippen molar-refractivity contribution in [3.05, 3.63) is 29.2 Å². The minimum Gasteiger partial charge on any atom is -0.440 e. The number of carbonyl (C=O) groups excluding carboxylic acids is 1. The molecule has 0 atom stereocenters. The van der Waals surface area contributed by atoms with Gasteiger partial charge in [-0.25, -0.2) is 4.98 Å². The van der Waals surface area contributed by atoms with Gasteiger partial charge in [0.05, 0.1) is 6.54 Å². The van der Waals surface area contributed by atoms with Crippen LogP contribution in [-0.2, 0) is 17.5 Å². The van der Waals surface area contributed by atoms with E-state index in [1.165, 1.54) is 6.07 Å². The van der Waals surface area contributed by atoms with Crippen molar-refractivity contribution in [1.82, 2.24) is 15.2 Å². The minimum atomic E-state index is -4.56. The van der Waals surface area contributed by atoms with E-state index in [0.717, 1.165) is 6.07 Å². The van der Waals surface area contributed by atoms with E-state index >= 15 is 0 Å². The van der Waals surface area contributed by atoms with Crippen LogP contribution >= 0.6 is 0 Å². The summed E-state index contributed by atoms with van der Waals surface area (Å²) < 4.78 is 45.2. The van der Waals surface area contributed by atoms with E-state index in [2.05, 4.69) is 10.3 Å². The van der Waals surface area contributed by atoms with Gasteiger partial charge in [-0.3, -0.25) is 4.79 Å². The number of benzene rings is 1. The van der Waals surface area contributed by atoms with Crippen molar-refractivity contribution >= 4 is 17.0 Å². The summed E-state index contributed by atoms with van der Waals surface area (Å²) in [6.07, 6.45) is -4.56. The number of rotatable bonds is 5. The van der Waals surface area contributed by atoms with Gasteiger partial charge in [0.25, 0.3) is 0 Å². The molecule has 0 bridgehead atoms. The molecule has 0 radical (unpaired) electrons. The van der Waals surface area contributed by atoms with E-state index in [1.54, 1.807) is 32.8 Å². The largest absolute Gasteiger partial charge is 0.440 e. The van der Waals surface area contributed by atoms with Crippen LogP contribution in [0.4, 0.5) is 13.2 Å². The fourth-order valence-electron chi connectivity index (χ4n) is 2.21. The summed E-state index contributed by atoms with van der Waals surface area (Å²) in [6, 6.07) is 2.50. The first-order valence-corrected chi connectivity index (χ1v) is 7.50. The molecule has 0 fully saturated rings. The van der Waals surface area contributed by atoms with Crippen molar-refractivity contribution in [2.24, 2.45) is 0 Å². The molecule has 1 aromatic carbocycles. The number of hydrogen-bond acceptors (Lipinski definition) is 4. The quantitative estimate of drug-likeness (QED) is 0.906. The third-order valence-corrected chi connectivity index (χ3v) is 3.32. The van der Waals surface area contributed by atoms with Gasteiger partial charge in [-0.2, -0.15) is 13.2 Å². The topological polar surface area (TPSA) is 58.4 Å². The van der Waals surface area contributed by atoms with Gasteiger partial charge in [0.15, 0.2) is 11.5 Å². The van der Waals surface area contributed by atoms with Gasteiger partial charge in [-0.1, -0.05) is 13.8 Å². The summed E-state index contributed by atoms with van der Waals surface area (Å²) in [5.41, 5.74) is -0.679. The Morgan fingerprint density at radius 2 is 2.00 bits per heavy atom. The maximum atomic E-state index is 13.3. The van der Waals surface area contributed by atoms with Crippen LogP contribution in [0.3, 0.4) is 0 Å². The highest BCUT2D eigenvalue weighted by molar-refractivity contribution is 5.80. The van der Waals surface area contributed by atoms with Crippen LogP contribution in [0.2, 0.25) is 0 Å². The fraction of sp³-hybridized carbons (Fsp3) is 0.500. The molecule has 5 nitrogen and oxygen atoms in total. The summed E-state index contributed by atoms with van der Waals surface area (Å²) in [5.74, 6) is -0.136. The van der Waals surface area contributed by atoms with Crippen molar-refractivity contribution in [3.63, 3.8) is 0 Å². The number of likely N-dealkylation sites (N-methyl/N-ethyl adjacent to an activating group) is 1. The average Bonchev–Trinajstić information content (AvgIpc) is 2.86. The Labute approximate surface area is 137 Å². The summed E-state index contributed by atoms with van der Waals surface area (Å²) in [7, 11) is 3.46.